The molecule has 1 aliphatic carbocycles. The fourth-order valence-electron chi connectivity index (χ4n) is 3.86. The van der Waals surface area contributed by atoms with Gasteiger partial charge in [0.2, 0.25) is 0 Å². The second-order valence-corrected chi connectivity index (χ2v) is 7.64. The van der Waals surface area contributed by atoms with Crippen LogP contribution in [0.25, 0.3) is 0 Å². The van der Waals surface area contributed by atoms with E-state index in [1.165, 1.54) is 5.56 Å². The molecule has 124 valence electrons. The Kier molecular flexibility index (Phi) is 4.09. The fourth-order valence-corrected chi connectivity index (χ4v) is 3.86. The molecular weight excluding hydrogens is 296 g/mol. The van der Waals surface area contributed by atoms with Gasteiger partial charge in [-0.25, -0.2) is 0 Å². The first-order valence-corrected chi connectivity index (χ1v) is 8.59. The third-order valence-corrected chi connectivity index (χ3v) is 5.08. The van der Waals surface area contributed by atoms with Gasteiger partial charge < -0.3 is 5.32 Å². The van der Waals surface area contributed by atoms with Crippen molar-refractivity contribution in [1.82, 2.24) is 5.32 Å². The third-order valence-electron chi connectivity index (χ3n) is 5.08. The fraction of sp³-hybridized carbons (Fsp3) is 0.429. The first-order chi connectivity index (χ1) is 11.4. The Balaban J connectivity index is 2.14. The van der Waals surface area contributed by atoms with Crippen molar-refractivity contribution in [3.05, 3.63) is 57.9 Å². The van der Waals surface area contributed by atoms with Gasteiger partial charge in [-0.05, 0) is 36.3 Å². The van der Waals surface area contributed by atoms with Crippen LogP contribution in [0.2, 0.25) is 0 Å². The minimum Gasteiger partial charge on any atom is -0.361 e. The quantitative estimate of drug-likeness (QED) is 0.880. The minimum atomic E-state index is -0.235. The maximum absolute atomic E-state index is 12.9. The predicted molar refractivity (Wildman–Crippen MR) is 95.1 cm³/mol. The summed E-state index contributed by atoms with van der Waals surface area (Å²) in [4.78, 5) is 12.9. The number of nitrogens with zero attached hydrogens (tertiary/aromatic N) is 1. The van der Waals surface area contributed by atoms with Gasteiger partial charge in [-0.3, -0.25) is 4.79 Å². The van der Waals surface area contributed by atoms with Crippen molar-refractivity contribution in [2.75, 3.05) is 0 Å². The number of benzene rings is 1. The average Bonchev–Trinajstić information content (AvgIpc) is 2.52. The van der Waals surface area contributed by atoms with Gasteiger partial charge in [0.05, 0.1) is 17.6 Å². The summed E-state index contributed by atoms with van der Waals surface area (Å²) in [5, 5.41) is 13.0. The van der Waals surface area contributed by atoms with E-state index in [1.54, 1.807) is 0 Å². The molecule has 0 unspecified atom stereocenters. The van der Waals surface area contributed by atoms with Gasteiger partial charge in [-0.2, -0.15) is 5.26 Å². The highest BCUT2D eigenvalue weighted by Gasteiger charge is 2.40. The number of carbonyl (C=O) groups excluding carboxylic acids is 1. The van der Waals surface area contributed by atoms with Crippen LogP contribution in [0.1, 0.15) is 57.6 Å². The Bertz CT molecular complexity index is 788. The van der Waals surface area contributed by atoms with E-state index in [-0.39, 0.29) is 17.1 Å². The molecule has 0 saturated heterocycles. The molecule has 3 rings (SSSR count). The first-order valence-electron chi connectivity index (χ1n) is 8.59. The Morgan fingerprint density at radius 2 is 1.92 bits per heavy atom. The molecule has 1 aromatic carbocycles. The van der Waals surface area contributed by atoms with Crippen molar-refractivity contribution in [3.63, 3.8) is 0 Å². The summed E-state index contributed by atoms with van der Waals surface area (Å²) in [6.07, 6.45) is 2.36. The smallest absolute Gasteiger partial charge is 0.162 e. The number of hydrogen-bond acceptors (Lipinski definition) is 3. The monoisotopic (exact) mass is 320 g/mol. The van der Waals surface area contributed by atoms with Crippen LogP contribution in [-0.2, 0) is 11.2 Å². The summed E-state index contributed by atoms with van der Waals surface area (Å²) in [7, 11) is 0. The summed E-state index contributed by atoms with van der Waals surface area (Å²) in [6, 6.07) is 10.7. The number of nitrogens with one attached hydrogen (secondary N) is 1. The van der Waals surface area contributed by atoms with Crippen LogP contribution in [0.3, 0.4) is 0 Å². The van der Waals surface area contributed by atoms with Crippen molar-refractivity contribution < 1.29 is 4.79 Å². The van der Waals surface area contributed by atoms with Gasteiger partial charge in [0.15, 0.2) is 5.78 Å². The Morgan fingerprint density at radius 1 is 1.25 bits per heavy atom. The van der Waals surface area contributed by atoms with Crippen LogP contribution in [0, 0.1) is 16.7 Å². The molecule has 0 saturated carbocycles. The maximum atomic E-state index is 12.9. The summed E-state index contributed by atoms with van der Waals surface area (Å²) >= 11 is 0. The molecule has 1 aromatic rings. The highest BCUT2D eigenvalue weighted by Crippen LogP contribution is 2.46. The Morgan fingerprint density at radius 3 is 2.50 bits per heavy atom. The van der Waals surface area contributed by atoms with E-state index in [1.807, 2.05) is 6.92 Å². The summed E-state index contributed by atoms with van der Waals surface area (Å²) < 4.78 is 0. The van der Waals surface area contributed by atoms with Gasteiger partial charge in [-0.15, -0.1) is 0 Å². The molecule has 1 aliphatic heterocycles. The number of rotatable bonds is 2. The molecule has 0 aromatic heterocycles. The number of Topliss-reactive ketones (excluding diaryl/α,β-unsaturated/α-hetero) is 1. The summed E-state index contributed by atoms with van der Waals surface area (Å²) in [5.74, 6) is -0.0701. The predicted octanol–water partition coefficient (Wildman–Crippen LogP) is 4.38. The van der Waals surface area contributed by atoms with Crippen molar-refractivity contribution >= 4 is 5.78 Å². The van der Waals surface area contributed by atoms with Gasteiger partial charge >= 0.3 is 0 Å². The van der Waals surface area contributed by atoms with Crippen molar-refractivity contribution in [3.8, 4) is 6.07 Å². The van der Waals surface area contributed by atoms with Crippen LogP contribution < -0.4 is 5.32 Å². The second kappa shape index (κ2) is 5.94. The molecule has 3 heteroatoms. The number of aryl methyl sites for hydroxylation is 1. The number of nitriles is 1. The number of hydrogen-bond donors (Lipinski definition) is 1. The van der Waals surface area contributed by atoms with Crippen LogP contribution in [0.4, 0.5) is 0 Å². The lowest BCUT2D eigenvalue weighted by atomic mass is 9.69. The van der Waals surface area contributed by atoms with Crippen molar-refractivity contribution in [2.24, 2.45) is 5.41 Å². The van der Waals surface area contributed by atoms with Crippen LogP contribution in [-0.4, -0.2) is 5.78 Å². The molecule has 0 spiro atoms. The van der Waals surface area contributed by atoms with E-state index in [0.717, 1.165) is 35.4 Å². The van der Waals surface area contributed by atoms with E-state index in [2.05, 4.69) is 56.4 Å². The largest absolute Gasteiger partial charge is 0.361 e. The molecule has 1 heterocycles. The highest BCUT2D eigenvalue weighted by molar-refractivity contribution is 6.00. The molecule has 24 heavy (non-hydrogen) atoms. The van der Waals surface area contributed by atoms with E-state index in [9.17, 15) is 10.1 Å². The number of dihydropyridines is 1. The third kappa shape index (κ3) is 2.78. The van der Waals surface area contributed by atoms with E-state index < -0.39 is 0 Å². The topological polar surface area (TPSA) is 52.9 Å². The molecule has 0 radical (unpaired) electrons. The molecule has 2 aliphatic rings. The Hall–Kier alpha value is -2.34. The molecule has 1 N–H and O–H groups in total. The van der Waals surface area contributed by atoms with Gasteiger partial charge in [0, 0.05) is 23.4 Å². The van der Waals surface area contributed by atoms with Crippen LogP contribution >= 0.6 is 0 Å². The van der Waals surface area contributed by atoms with Gasteiger partial charge in [0.25, 0.3) is 0 Å². The Labute approximate surface area is 144 Å². The van der Waals surface area contributed by atoms with Crippen molar-refractivity contribution in [1.29, 1.82) is 5.26 Å². The summed E-state index contributed by atoms with van der Waals surface area (Å²) in [6.45, 7) is 8.31. The zero-order valence-corrected chi connectivity index (χ0v) is 14.9. The number of ketones is 1. The van der Waals surface area contributed by atoms with Crippen molar-refractivity contribution in [2.45, 2.75) is 52.9 Å². The van der Waals surface area contributed by atoms with Gasteiger partial charge in [0.1, 0.15) is 0 Å². The second-order valence-electron chi connectivity index (χ2n) is 7.64. The van der Waals surface area contributed by atoms with Gasteiger partial charge in [-0.1, -0.05) is 45.0 Å². The molecule has 3 nitrogen and oxygen atoms in total. The lowest BCUT2D eigenvalue weighted by Gasteiger charge is -2.38. The first kappa shape index (κ1) is 16.5. The molecule has 1 atom stereocenters. The SMILES string of the molecule is CCc1ccc([C@H]2C(C#N)=C(C)NC3=C2C(=O)CC(C)(C)C3)cc1. The molecular formula is C21H24N2O. The van der Waals surface area contributed by atoms with Crippen LogP contribution in [0.15, 0.2) is 46.8 Å². The lowest BCUT2D eigenvalue weighted by molar-refractivity contribution is -0.118. The van der Waals surface area contributed by atoms with Crippen LogP contribution in [0.5, 0.6) is 0 Å². The zero-order valence-electron chi connectivity index (χ0n) is 14.9. The minimum absolute atomic E-state index is 0.0377. The maximum Gasteiger partial charge on any atom is 0.162 e. The van der Waals surface area contributed by atoms with E-state index >= 15 is 0 Å². The lowest BCUT2D eigenvalue weighted by Crippen LogP contribution is -2.36. The number of carbonyl (C=O) groups is 1. The zero-order chi connectivity index (χ0) is 17.5. The highest BCUT2D eigenvalue weighted by atomic mass is 16.1. The standard InChI is InChI=1S/C21H24N2O/c1-5-14-6-8-15(9-7-14)19-16(12-22)13(2)23-17-10-21(3,4)11-18(24)20(17)19/h6-9,19,23H,5,10-11H2,1-4H3/t19-/m0/s1. The molecule has 0 bridgehead atoms. The number of allylic oxidation sites excluding steroid dienone is 4. The summed E-state index contributed by atoms with van der Waals surface area (Å²) in [5.41, 5.74) is 5.57. The van der Waals surface area contributed by atoms with E-state index in [4.69, 9.17) is 0 Å². The molecule has 0 amide bonds. The normalized spacial score (nSPS) is 22.8. The molecule has 0 fully saturated rings. The van der Waals surface area contributed by atoms with E-state index in [0.29, 0.717) is 12.0 Å². The average molecular weight is 320 g/mol.